The summed E-state index contributed by atoms with van der Waals surface area (Å²) in [6.07, 6.45) is 2.04. The second kappa shape index (κ2) is 12.0. The molecule has 166 valence electrons. The third-order valence-corrected chi connectivity index (χ3v) is 4.59. The van der Waals surface area contributed by atoms with Crippen molar-refractivity contribution in [2.45, 2.75) is 26.3 Å². The Bertz CT molecular complexity index is 881. The molecule has 0 bridgehead atoms. The zero-order chi connectivity index (χ0) is 22.8. The monoisotopic (exact) mass is 444 g/mol. The van der Waals surface area contributed by atoms with Crippen LogP contribution >= 0.6 is 11.6 Å². The number of hydrogen-bond donors (Lipinski definition) is 2. The molecule has 0 aliphatic heterocycles. The Labute approximate surface area is 188 Å². The molecule has 0 heterocycles. The molecule has 0 fully saturated rings. The summed E-state index contributed by atoms with van der Waals surface area (Å²) in [5.74, 6) is -0.0428. The van der Waals surface area contributed by atoms with Gasteiger partial charge in [0.05, 0.1) is 6.21 Å². The van der Waals surface area contributed by atoms with Crippen LogP contribution in [-0.4, -0.2) is 44.8 Å². The lowest BCUT2D eigenvalue weighted by molar-refractivity contribution is -0.130. The Balaban J connectivity index is 1.89. The first-order valence-electron chi connectivity index (χ1n) is 10.0. The van der Waals surface area contributed by atoms with Crippen LogP contribution in [0.15, 0.2) is 53.6 Å². The summed E-state index contributed by atoms with van der Waals surface area (Å²) in [5, 5.41) is 7.32. The number of carbonyl (C=O) groups is 2. The van der Waals surface area contributed by atoms with E-state index in [1.54, 1.807) is 30.5 Å². The second-order valence-electron chi connectivity index (χ2n) is 7.71. The van der Waals surface area contributed by atoms with Crippen molar-refractivity contribution < 1.29 is 14.3 Å². The van der Waals surface area contributed by atoms with Gasteiger partial charge in [-0.15, -0.1) is 0 Å². The molecule has 2 N–H and O–H groups in total. The highest BCUT2D eigenvalue weighted by molar-refractivity contribution is 6.30. The molecule has 2 amide bonds. The van der Waals surface area contributed by atoms with Crippen LogP contribution in [-0.2, 0) is 9.59 Å². The van der Waals surface area contributed by atoms with Crippen molar-refractivity contribution in [1.29, 1.82) is 0 Å². The molecule has 2 aromatic carbocycles. The number of hydrogen-bond acceptors (Lipinski definition) is 5. The predicted octanol–water partition coefficient (Wildman–Crippen LogP) is 3.47. The Morgan fingerprint density at radius 1 is 1.10 bits per heavy atom. The van der Waals surface area contributed by atoms with Gasteiger partial charge >= 0.3 is 0 Å². The van der Waals surface area contributed by atoms with Crippen molar-refractivity contribution in [2.75, 3.05) is 25.6 Å². The lowest BCUT2D eigenvalue weighted by atomic mass is 10.0. The highest BCUT2D eigenvalue weighted by Crippen LogP contribution is 2.15. The quantitative estimate of drug-likeness (QED) is 0.434. The van der Waals surface area contributed by atoms with Gasteiger partial charge in [-0.2, -0.15) is 5.10 Å². The van der Waals surface area contributed by atoms with Gasteiger partial charge in [0.25, 0.3) is 11.8 Å². The van der Waals surface area contributed by atoms with Crippen molar-refractivity contribution in [1.82, 2.24) is 10.7 Å². The minimum atomic E-state index is -0.713. The first-order chi connectivity index (χ1) is 14.7. The van der Waals surface area contributed by atoms with E-state index < -0.39 is 6.04 Å². The maximum absolute atomic E-state index is 12.6. The van der Waals surface area contributed by atoms with Crippen LogP contribution in [0.25, 0.3) is 0 Å². The van der Waals surface area contributed by atoms with Crippen molar-refractivity contribution >= 4 is 35.3 Å². The number of anilines is 1. The van der Waals surface area contributed by atoms with Gasteiger partial charge in [-0.05, 0) is 54.3 Å². The van der Waals surface area contributed by atoms with E-state index in [2.05, 4.69) is 15.8 Å². The molecule has 0 radical (unpaired) electrons. The summed E-state index contributed by atoms with van der Waals surface area (Å²) < 4.78 is 5.44. The van der Waals surface area contributed by atoms with Crippen LogP contribution in [0, 0.1) is 5.92 Å². The Morgan fingerprint density at radius 2 is 1.74 bits per heavy atom. The Kier molecular flexibility index (Phi) is 9.34. The molecule has 0 unspecified atom stereocenters. The predicted molar refractivity (Wildman–Crippen MR) is 125 cm³/mol. The molecule has 2 rings (SSSR count). The van der Waals surface area contributed by atoms with E-state index in [9.17, 15) is 9.59 Å². The largest absolute Gasteiger partial charge is 0.484 e. The zero-order valence-electron chi connectivity index (χ0n) is 18.3. The van der Waals surface area contributed by atoms with Crippen molar-refractivity contribution in [3.8, 4) is 5.75 Å². The minimum Gasteiger partial charge on any atom is -0.484 e. The standard InChI is InChI=1S/C23H29ClN4O3/c1-16(2)13-21(26-22(29)15-31-20-11-7-18(24)8-12-20)23(30)27-25-14-17-5-9-19(10-6-17)28(3)4/h5-12,14,16,21H,13,15H2,1-4H3,(H,26,29)(H,27,30)/b25-14-/t21-/m1/s1. The van der Waals surface area contributed by atoms with E-state index in [1.807, 2.05) is 57.1 Å². The van der Waals surface area contributed by atoms with Gasteiger partial charge in [0.1, 0.15) is 11.8 Å². The normalized spacial score (nSPS) is 11.9. The van der Waals surface area contributed by atoms with Crippen LogP contribution in [0.1, 0.15) is 25.8 Å². The van der Waals surface area contributed by atoms with E-state index in [0.717, 1.165) is 11.3 Å². The zero-order valence-corrected chi connectivity index (χ0v) is 19.0. The average Bonchev–Trinajstić information content (AvgIpc) is 2.73. The first-order valence-corrected chi connectivity index (χ1v) is 10.4. The summed E-state index contributed by atoms with van der Waals surface area (Å²) in [4.78, 5) is 26.8. The van der Waals surface area contributed by atoms with E-state index in [1.165, 1.54) is 0 Å². The Morgan fingerprint density at radius 3 is 2.32 bits per heavy atom. The van der Waals surface area contributed by atoms with Crippen LogP contribution in [0.3, 0.4) is 0 Å². The highest BCUT2D eigenvalue weighted by atomic mass is 35.5. The lowest BCUT2D eigenvalue weighted by Crippen LogP contribution is -2.47. The molecule has 0 spiro atoms. The van der Waals surface area contributed by atoms with Gasteiger partial charge in [0.15, 0.2) is 6.61 Å². The first kappa shape index (κ1) is 24.2. The second-order valence-corrected chi connectivity index (χ2v) is 8.15. The molecular weight excluding hydrogens is 416 g/mol. The molecule has 0 saturated carbocycles. The third kappa shape index (κ3) is 8.68. The van der Waals surface area contributed by atoms with Crippen LogP contribution in [0.4, 0.5) is 5.69 Å². The van der Waals surface area contributed by atoms with Crippen LogP contribution < -0.4 is 20.4 Å². The smallest absolute Gasteiger partial charge is 0.262 e. The molecule has 31 heavy (non-hydrogen) atoms. The highest BCUT2D eigenvalue weighted by Gasteiger charge is 2.22. The van der Waals surface area contributed by atoms with Crippen molar-refractivity contribution in [2.24, 2.45) is 11.0 Å². The molecule has 2 aromatic rings. The third-order valence-electron chi connectivity index (χ3n) is 4.34. The maximum atomic E-state index is 12.6. The summed E-state index contributed by atoms with van der Waals surface area (Å²) in [7, 11) is 3.93. The number of hydrazone groups is 1. The SMILES string of the molecule is CC(C)C[C@@H](NC(=O)COc1ccc(Cl)cc1)C(=O)N/N=C\c1ccc(N(C)C)cc1. The van der Waals surface area contributed by atoms with Gasteiger partial charge in [-0.3, -0.25) is 9.59 Å². The molecular formula is C23H29ClN4O3. The molecule has 1 atom stereocenters. The van der Waals surface area contributed by atoms with E-state index in [-0.39, 0.29) is 24.3 Å². The number of ether oxygens (including phenoxy) is 1. The van der Waals surface area contributed by atoms with Gasteiger partial charge in [-0.25, -0.2) is 5.43 Å². The van der Waals surface area contributed by atoms with Gasteiger partial charge in [0, 0.05) is 24.8 Å². The lowest BCUT2D eigenvalue weighted by Gasteiger charge is -2.19. The van der Waals surface area contributed by atoms with Gasteiger partial charge in [-0.1, -0.05) is 37.6 Å². The molecule has 0 saturated heterocycles. The number of rotatable bonds is 10. The van der Waals surface area contributed by atoms with Crippen LogP contribution in [0.2, 0.25) is 5.02 Å². The van der Waals surface area contributed by atoms with Gasteiger partial charge in [0.2, 0.25) is 0 Å². The fourth-order valence-electron chi connectivity index (χ4n) is 2.73. The number of nitrogens with one attached hydrogen (secondary N) is 2. The summed E-state index contributed by atoms with van der Waals surface area (Å²) in [5.41, 5.74) is 4.43. The van der Waals surface area contributed by atoms with Crippen LogP contribution in [0.5, 0.6) is 5.75 Å². The average molecular weight is 445 g/mol. The van der Waals surface area contributed by atoms with E-state index in [0.29, 0.717) is 17.2 Å². The Hall–Kier alpha value is -3.06. The van der Waals surface area contributed by atoms with Crippen molar-refractivity contribution in [3.05, 3.63) is 59.1 Å². The van der Waals surface area contributed by atoms with Gasteiger partial charge < -0.3 is 15.0 Å². The van der Waals surface area contributed by atoms with E-state index >= 15 is 0 Å². The topological polar surface area (TPSA) is 83.0 Å². The van der Waals surface area contributed by atoms with E-state index in [4.69, 9.17) is 16.3 Å². The molecule has 0 aliphatic rings. The molecule has 8 heteroatoms. The molecule has 0 aromatic heterocycles. The minimum absolute atomic E-state index is 0.203. The number of halogens is 1. The molecule has 0 aliphatic carbocycles. The fraction of sp³-hybridized carbons (Fsp3) is 0.348. The summed E-state index contributed by atoms with van der Waals surface area (Å²) in [6, 6.07) is 13.7. The number of carbonyl (C=O) groups excluding carboxylic acids is 2. The summed E-state index contributed by atoms with van der Waals surface area (Å²) in [6.45, 7) is 3.75. The molecule has 7 nitrogen and oxygen atoms in total. The number of nitrogens with zero attached hydrogens (tertiary/aromatic N) is 2. The number of amides is 2. The summed E-state index contributed by atoms with van der Waals surface area (Å²) >= 11 is 5.83. The number of benzene rings is 2. The van der Waals surface area contributed by atoms with Crippen molar-refractivity contribution in [3.63, 3.8) is 0 Å². The fourth-order valence-corrected chi connectivity index (χ4v) is 2.85. The maximum Gasteiger partial charge on any atom is 0.262 e.